The predicted molar refractivity (Wildman–Crippen MR) is 131 cm³/mol. The van der Waals surface area contributed by atoms with Crippen LogP contribution in [0.3, 0.4) is 0 Å². The van der Waals surface area contributed by atoms with Crippen molar-refractivity contribution in [3.8, 4) is 11.3 Å². The monoisotopic (exact) mass is 453 g/mol. The zero-order chi connectivity index (χ0) is 23.0. The largest absolute Gasteiger partial charge is 0.268 e. The second-order valence-electron chi connectivity index (χ2n) is 7.74. The van der Waals surface area contributed by atoms with Gasteiger partial charge in [0.25, 0.3) is 10.0 Å². The standard InChI is InChI=1S/C28H20FNO2S/c1-20(21-14-16-25(29)17-15-21)22-9-7-10-23(18-22)28-19-24-8-5-6-13-27(24)30(28)33(31,32)26-11-3-2-4-12-26/h2-19H,1H2. The minimum atomic E-state index is -3.84. The van der Waals surface area contributed by atoms with E-state index in [1.165, 1.54) is 16.1 Å². The van der Waals surface area contributed by atoms with Crippen LogP contribution in [0.2, 0.25) is 0 Å². The van der Waals surface area contributed by atoms with Gasteiger partial charge in [0.15, 0.2) is 0 Å². The maximum absolute atomic E-state index is 13.7. The number of nitrogens with zero attached hydrogens (tertiary/aromatic N) is 1. The van der Waals surface area contributed by atoms with Crippen LogP contribution in [0.1, 0.15) is 11.1 Å². The number of fused-ring (bicyclic) bond motifs is 1. The number of halogens is 1. The molecule has 0 saturated carbocycles. The van der Waals surface area contributed by atoms with Crippen molar-refractivity contribution in [2.75, 3.05) is 0 Å². The van der Waals surface area contributed by atoms with Crippen LogP contribution in [0.5, 0.6) is 0 Å². The molecule has 0 aliphatic heterocycles. The summed E-state index contributed by atoms with van der Waals surface area (Å²) in [7, 11) is -3.84. The summed E-state index contributed by atoms with van der Waals surface area (Å²) in [5.74, 6) is -0.309. The van der Waals surface area contributed by atoms with Crippen LogP contribution in [0.4, 0.5) is 4.39 Å². The Kier molecular flexibility index (Phi) is 5.19. The van der Waals surface area contributed by atoms with Crippen molar-refractivity contribution in [3.63, 3.8) is 0 Å². The van der Waals surface area contributed by atoms with E-state index in [1.807, 2.05) is 48.5 Å². The molecule has 0 unspecified atom stereocenters. The third kappa shape index (κ3) is 3.77. The molecule has 0 atom stereocenters. The fourth-order valence-electron chi connectivity index (χ4n) is 3.97. The first kappa shape index (κ1) is 20.9. The molecule has 1 aromatic heterocycles. The lowest BCUT2D eigenvalue weighted by molar-refractivity contribution is 0.589. The smallest absolute Gasteiger partial charge is 0.233 e. The molecule has 0 fully saturated rings. The van der Waals surface area contributed by atoms with Crippen LogP contribution in [0.25, 0.3) is 27.7 Å². The summed E-state index contributed by atoms with van der Waals surface area (Å²) in [6.07, 6.45) is 0. The van der Waals surface area contributed by atoms with Gasteiger partial charge in [-0.25, -0.2) is 16.8 Å². The molecule has 0 amide bonds. The van der Waals surface area contributed by atoms with Gasteiger partial charge in [-0.05, 0) is 64.7 Å². The van der Waals surface area contributed by atoms with Gasteiger partial charge in [0.05, 0.1) is 16.1 Å². The van der Waals surface area contributed by atoms with Crippen LogP contribution in [-0.2, 0) is 10.0 Å². The maximum atomic E-state index is 13.7. The first-order valence-corrected chi connectivity index (χ1v) is 11.9. The summed E-state index contributed by atoms with van der Waals surface area (Å²) in [5.41, 5.74) is 4.27. The Labute approximate surface area is 192 Å². The van der Waals surface area contributed by atoms with Crippen LogP contribution in [-0.4, -0.2) is 12.4 Å². The first-order chi connectivity index (χ1) is 15.9. The Morgan fingerprint density at radius 3 is 2.18 bits per heavy atom. The molecule has 33 heavy (non-hydrogen) atoms. The summed E-state index contributed by atoms with van der Waals surface area (Å²) in [4.78, 5) is 0.222. The summed E-state index contributed by atoms with van der Waals surface area (Å²) < 4.78 is 42.1. The van der Waals surface area contributed by atoms with Gasteiger partial charge in [-0.1, -0.05) is 73.3 Å². The van der Waals surface area contributed by atoms with E-state index in [2.05, 4.69) is 6.58 Å². The highest BCUT2D eigenvalue weighted by Gasteiger charge is 2.23. The second-order valence-corrected chi connectivity index (χ2v) is 9.52. The normalized spacial score (nSPS) is 11.5. The Bertz CT molecular complexity index is 1580. The van der Waals surface area contributed by atoms with E-state index in [1.54, 1.807) is 48.5 Å². The molecule has 5 rings (SSSR count). The van der Waals surface area contributed by atoms with Crippen LogP contribution < -0.4 is 0 Å². The fraction of sp³-hybridized carbons (Fsp3) is 0. The van der Waals surface area contributed by atoms with E-state index >= 15 is 0 Å². The molecule has 1 heterocycles. The molecule has 5 aromatic rings. The van der Waals surface area contributed by atoms with Crippen molar-refractivity contribution in [3.05, 3.63) is 133 Å². The number of aromatic nitrogens is 1. The Balaban J connectivity index is 1.69. The molecule has 5 heteroatoms. The Morgan fingerprint density at radius 2 is 1.42 bits per heavy atom. The van der Waals surface area contributed by atoms with E-state index in [0.29, 0.717) is 11.2 Å². The van der Waals surface area contributed by atoms with Gasteiger partial charge < -0.3 is 0 Å². The minimum absolute atomic E-state index is 0.222. The van der Waals surface area contributed by atoms with Crippen molar-refractivity contribution in [1.29, 1.82) is 0 Å². The zero-order valence-corrected chi connectivity index (χ0v) is 18.5. The number of benzene rings is 4. The molecule has 0 radical (unpaired) electrons. The van der Waals surface area contributed by atoms with Crippen LogP contribution in [0.15, 0.2) is 121 Å². The van der Waals surface area contributed by atoms with Crippen molar-refractivity contribution < 1.29 is 12.8 Å². The molecule has 0 aliphatic rings. The maximum Gasteiger partial charge on any atom is 0.268 e. The van der Waals surface area contributed by atoms with Crippen molar-refractivity contribution in [2.45, 2.75) is 4.90 Å². The molecule has 0 saturated heterocycles. The lowest BCUT2D eigenvalue weighted by Crippen LogP contribution is -2.14. The quantitative estimate of drug-likeness (QED) is 0.295. The molecule has 3 nitrogen and oxygen atoms in total. The van der Waals surface area contributed by atoms with E-state index in [0.717, 1.165) is 27.6 Å². The van der Waals surface area contributed by atoms with Crippen LogP contribution >= 0.6 is 0 Å². The van der Waals surface area contributed by atoms with E-state index in [4.69, 9.17) is 0 Å². The molecule has 0 N–H and O–H groups in total. The van der Waals surface area contributed by atoms with Gasteiger partial charge in [0.2, 0.25) is 0 Å². The number of hydrogen-bond donors (Lipinski definition) is 0. The van der Waals surface area contributed by atoms with Gasteiger partial charge in [-0.2, -0.15) is 0 Å². The number of para-hydroxylation sites is 1. The third-order valence-electron chi connectivity index (χ3n) is 5.65. The molecule has 0 bridgehead atoms. The van der Waals surface area contributed by atoms with Gasteiger partial charge in [0.1, 0.15) is 5.82 Å². The molecule has 4 aromatic carbocycles. The van der Waals surface area contributed by atoms with Crippen molar-refractivity contribution >= 4 is 26.5 Å². The summed E-state index contributed by atoms with van der Waals surface area (Å²) in [6, 6.07) is 31.5. The van der Waals surface area contributed by atoms with Crippen molar-refractivity contribution in [2.24, 2.45) is 0 Å². The van der Waals surface area contributed by atoms with Gasteiger partial charge in [-0.15, -0.1) is 0 Å². The minimum Gasteiger partial charge on any atom is -0.233 e. The summed E-state index contributed by atoms with van der Waals surface area (Å²) >= 11 is 0. The Hall–Kier alpha value is -3.96. The fourth-order valence-corrected chi connectivity index (χ4v) is 5.53. The highest BCUT2D eigenvalue weighted by Crippen LogP contribution is 2.34. The van der Waals surface area contributed by atoms with Gasteiger partial charge in [0, 0.05) is 5.39 Å². The van der Waals surface area contributed by atoms with Gasteiger partial charge in [-0.3, -0.25) is 0 Å². The predicted octanol–water partition coefficient (Wildman–Crippen LogP) is 6.75. The average molecular weight is 454 g/mol. The third-order valence-corrected chi connectivity index (χ3v) is 7.39. The molecule has 0 aliphatic carbocycles. The van der Waals surface area contributed by atoms with E-state index < -0.39 is 10.0 Å². The summed E-state index contributed by atoms with van der Waals surface area (Å²) in [6.45, 7) is 4.17. The molecule has 162 valence electrons. The number of rotatable bonds is 5. The summed E-state index contributed by atoms with van der Waals surface area (Å²) in [5, 5.41) is 0.828. The lowest BCUT2D eigenvalue weighted by atomic mass is 9.97. The molecule has 0 spiro atoms. The van der Waals surface area contributed by atoms with Crippen molar-refractivity contribution in [1.82, 2.24) is 3.97 Å². The zero-order valence-electron chi connectivity index (χ0n) is 17.6. The van der Waals surface area contributed by atoms with Gasteiger partial charge >= 0.3 is 0 Å². The highest BCUT2D eigenvalue weighted by molar-refractivity contribution is 7.90. The second kappa shape index (κ2) is 8.19. The Morgan fingerprint density at radius 1 is 0.727 bits per heavy atom. The van der Waals surface area contributed by atoms with Crippen LogP contribution in [0, 0.1) is 5.82 Å². The van der Waals surface area contributed by atoms with E-state index in [-0.39, 0.29) is 10.7 Å². The molecular weight excluding hydrogens is 433 g/mol. The topological polar surface area (TPSA) is 39.1 Å². The average Bonchev–Trinajstić information content (AvgIpc) is 3.25. The lowest BCUT2D eigenvalue weighted by Gasteiger charge is -2.14. The first-order valence-electron chi connectivity index (χ1n) is 10.4. The van der Waals surface area contributed by atoms with E-state index in [9.17, 15) is 12.8 Å². The SMILES string of the molecule is C=C(c1ccc(F)cc1)c1cccc(-c2cc3ccccc3n2S(=O)(=O)c2ccccc2)c1. The highest BCUT2D eigenvalue weighted by atomic mass is 32.2. The number of hydrogen-bond acceptors (Lipinski definition) is 2. The molecular formula is C28H20FNO2S.